The van der Waals surface area contributed by atoms with Gasteiger partial charge in [-0.2, -0.15) is 0 Å². The van der Waals surface area contributed by atoms with Crippen LogP contribution in [0.25, 0.3) is 10.9 Å². The molecule has 0 aliphatic rings. The Labute approximate surface area is 142 Å². The van der Waals surface area contributed by atoms with Gasteiger partial charge in [-0.1, -0.05) is 52.8 Å². The van der Waals surface area contributed by atoms with Crippen molar-refractivity contribution in [3.8, 4) is 0 Å². The van der Waals surface area contributed by atoms with Gasteiger partial charge >= 0.3 is 0 Å². The van der Waals surface area contributed by atoms with E-state index in [1.807, 2.05) is 12.1 Å². The lowest BCUT2D eigenvalue weighted by Crippen LogP contribution is -2.32. The van der Waals surface area contributed by atoms with E-state index in [9.17, 15) is 5.11 Å². The molecule has 0 aliphatic carbocycles. The Hall–Kier alpha value is -1.10. The molecule has 23 heavy (non-hydrogen) atoms. The van der Waals surface area contributed by atoms with Gasteiger partial charge in [0.05, 0.1) is 12.7 Å². The van der Waals surface area contributed by atoms with E-state index in [0.717, 1.165) is 5.69 Å². The highest BCUT2D eigenvalue weighted by molar-refractivity contribution is 6.32. The van der Waals surface area contributed by atoms with E-state index in [-0.39, 0.29) is 10.5 Å². The molecule has 1 aromatic heterocycles. The summed E-state index contributed by atoms with van der Waals surface area (Å²) in [7, 11) is 1.36. The highest BCUT2D eigenvalue weighted by Gasteiger charge is 2.33. The van der Waals surface area contributed by atoms with E-state index < -0.39 is 15.9 Å². The second kappa shape index (κ2) is 6.79. The Morgan fingerprint density at radius 3 is 2.43 bits per heavy atom. The SMILES string of the molecule is Cn1c(C[C@@H](O)CO[SiH2]C(C)(C)C(C)(C)C)cc2ccccc21. The summed E-state index contributed by atoms with van der Waals surface area (Å²) in [6.45, 7) is 11.8. The molecule has 4 heteroatoms. The number of aromatic nitrogens is 1. The summed E-state index contributed by atoms with van der Waals surface area (Å²) < 4.78 is 8.11. The molecule has 0 unspecified atom stereocenters. The molecule has 0 fully saturated rings. The number of para-hydroxylation sites is 1. The van der Waals surface area contributed by atoms with Crippen LogP contribution in [0.4, 0.5) is 0 Å². The first-order chi connectivity index (χ1) is 10.6. The summed E-state index contributed by atoms with van der Waals surface area (Å²) in [6, 6.07) is 10.5. The predicted molar refractivity (Wildman–Crippen MR) is 101 cm³/mol. The molecule has 1 atom stereocenters. The monoisotopic (exact) mass is 333 g/mol. The molecule has 0 amide bonds. The van der Waals surface area contributed by atoms with E-state index in [0.29, 0.717) is 13.0 Å². The zero-order chi connectivity index (χ0) is 17.3. The van der Waals surface area contributed by atoms with Gasteiger partial charge in [-0.05, 0) is 28.0 Å². The van der Waals surface area contributed by atoms with Gasteiger partial charge < -0.3 is 14.1 Å². The van der Waals surface area contributed by atoms with Crippen molar-refractivity contribution in [1.29, 1.82) is 0 Å². The van der Waals surface area contributed by atoms with E-state index in [1.165, 1.54) is 10.9 Å². The first kappa shape index (κ1) is 18.2. The molecule has 128 valence electrons. The first-order valence-corrected chi connectivity index (χ1v) is 9.69. The topological polar surface area (TPSA) is 34.4 Å². The molecule has 1 N–H and O–H groups in total. The Morgan fingerprint density at radius 1 is 1.17 bits per heavy atom. The van der Waals surface area contributed by atoms with E-state index in [4.69, 9.17) is 4.43 Å². The fourth-order valence-electron chi connectivity index (χ4n) is 2.51. The minimum atomic E-state index is -0.697. The predicted octanol–water partition coefficient (Wildman–Crippen LogP) is 3.43. The Balaban J connectivity index is 1.92. The molecular weight excluding hydrogens is 302 g/mol. The number of fused-ring (bicyclic) bond motifs is 1. The summed E-state index contributed by atoms with van der Waals surface area (Å²) >= 11 is 0. The van der Waals surface area contributed by atoms with E-state index in [1.54, 1.807) is 0 Å². The molecule has 2 aromatic rings. The van der Waals surface area contributed by atoms with Crippen LogP contribution < -0.4 is 0 Å². The Bertz CT molecular complexity index is 655. The van der Waals surface area contributed by atoms with Crippen LogP contribution in [-0.2, 0) is 17.9 Å². The molecule has 1 aromatic carbocycles. The zero-order valence-electron chi connectivity index (χ0n) is 15.4. The van der Waals surface area contributed by atoms with Gasteiger partial charge in [-0.15, -0.1) is 0 Å². The molecule has 0 saturated heterocycles. The molecule has 1 heterocycles. The van der Waals surface area contributed by atoms with Crippen LogP contribution in [0.3, 0.4) is 0 Å². The standard InChI is InChI=1S/C19H31NO2Si/c1-18(2,3)19(4,5)23-22-13-16(21)12-15-11-14-9-7-8-10-17(14)20(15)6/h7-11,16,21H,12-13,23H2,1-6H3/t16-/m1/s1. The fraction of sp³-hybridized carbons (Fsp3) is 0.579. The lowest BCUT2D eigenvalue weighted by atomic mass is 9.82. The van der Waals surface area contributed by atoms with Crippen LogP contribution in [0.1, 0.15) is 40.3 Å². The van der Waals surface area contributed by atoms with Crippen molar-refractivity contribution < 1.29 is 9.53 Å². The third-order valence-corrected chi connectivity index (χ3v) is 7.52. The van der Waals surface area contributed by atoms with Crippen LogP contribution in [0, 0.1) is 5.41 Å². The normalized spacial score (nSPS) is 14.9. The number of aliphatic hydroxyl groups is 1. The number of hydrogen-bond donors (Lipinski definition) is 1. The molecule has 0 saturated carbocycles. The van der Waals surface area contributed by atoms with Crippen molar-refractivity contribution in [3.05, 3.63) is 36.0 Å². The maximum Gasteiger partial charge on any atom is 0.167 e. The smallest absolute Gasteiger partial charge is 0.167 e. The minimum absolute atomic E-state index is 0.215. The molecular formula is C19H31NO2Si. The molecule has 0 bridgehead atoms. The average molecular weight is 334 g/mol. The zero-order valence-corrected chi connectivity index (χ0v) is 16.8. The van der Waals surface area contributed by atoms with Crippen LogP contribution >= 0.6 is 0 Å². The van der Waals surface area contributed by atoms with Crippen molar-refractivity contribution in [1.82, 2.24) is 4.57 Å². The number of rotatable bonds is 6. The lowest BCUT2D eigenvalue weighted by molar-refractivity contribution is 0.102. The number of aliphatic hydroxyl groups excluding tert-OH is 1. The first-order valence-electron chi connectivity index (χ1n) is 8.41. The Morgan fingerprint density at radius 2 is 1.83 bits per heavy atom. The summed E-state index contributed by atoms with van der Waals surface area (Å²) in [4.78, 5) is 0. The molecule has 0 spiro atoms. The molecule has 3 nitrogen and oxygen atoms in total. The van der Waals surface area contributed by atoms with Crippen molar-refractivity contribution in [2.45, 2.75) is 52.2 Å². The maximum absolute atomic E-state index is 10.3. The molecule has 0 radical (unpaired) electrons. The van der Waals surface area contributed by atoms with Crippen molar-refractivity contribution in [2.75, 3.05) is 6.61 Å². The number of aryl methyl sites for hydroxylation is 1. The van der Waals surface area contributed by atoms with Crippen molar-refractivity contribution in [2.24, 2.45) is 12.5 Å². The van der Waals surface area contributed by atoms with Gasteiger partial charge in [-0.3, -0.25) is 0 Å². The average Bonchev–Trinajstić information content (AvgIpc) is 2.74. The second-order valence-electron chi connectivity index (χ2n) is 8.26. The fourth-order valence-corrected chi connectivity index (χ4v) is 3.84. The number of hydrogen-bond acceptors (Lipinski definition) is 2. The van der Waals surface area contributed by atoms with Crippen LogP contribution in [-0.4, -0.2) is 32.1 Å². The minimum Gasteiger partial charge on any atom is -0.421 e. The quantitative estimate of drug-likeness (QED) is 0.822. The van der Waals surface area contributed by atoms with E-state index in [2.05, 4.69) is 64.4 Å². The van der Waals surface area contributed by atoms with Gasteiger partial charge in [-0.25, -0.2) is 0 Å². The molecule has 0 aliphatic heterocycles. The lowest BCUT2D eigenvalue weighted by Gasteiger charge is -2.38. The maximum atomic E-state index is 10.3. The van der Waals surface area contributed by atoms with Gasteiger partial charge in [0.25, 0.3) is 0 Å². The number of nitrogens with zero attached hydrogens (tertiary/aromatic N) is 1. The number of benzene rings is 1. The van der Waals surface area contributed by atoms with Gasteiger partial charge in [0, 0.05) is 24.7 Å². The third kappa shape index (κ3) is 4.25. The second-order valence-corrected chi connectivity index (χ2v) is 10.7. The Kier molecular flexibility index (Phi) is 5.39. The van der Waals surface area contributed by atoms with Crippen molar-refractivity contribution >= 4 is 20.7 Å². The third-order valence-electron chi connectivity index (χ3n) is 5.30. The summed E-state index contributed by atoms with van der Waals surface area (Å²) in [5.74, 6) is 0. The summed E-state index contributed by atoms with van der Waals surface area (Å²) in [5.41, 5.74) is 2.60. The van der Waals surface area contributed by atoms with Crippen molar-refractivity contribution in [3.63, 3.8) is 0 Å². The molecule has 2 rings (SSSR count). The van der Waals surface area contributed by atoms with Gasteiger partial charge in [0.2, 0.25) is 0 Å². The summed E-state index contributed by atoms with van der Waals surface area (Å²) in [6.07, 6.45) is 0.191. The van der Waals surface area contributed by atoms with Crippen LogP contribution in [0.2, 0.25) is 5.04 Å². The van der Waals surface area contributed by atoms with Crippen LogP contribution in [0.15, 0.2) is 30.3 Å². The van der Waals surface area contributed by atoms with E-state index >= 15 is 0 Å². The largest absolute Gasteiger partial charge is 0.421 e. The highest BCUT2D eigenvalue weighted by Crippen LogP contribution is 2.43. The van der Waals surface area contributed by atoms with Crippen LogP contribution in [0.5, 0.6) is 0 Å². The highest BCUT2D eigenvalue weighted by atomic mass is 28.2. The van der Waals surface area contributed by atoms with Gasteiger partial charge in [0.1, 0.15) is 0 Å². The van der Waals surface area contributed by atoms with Gasteiger partial charge in [0.15, 0.2) is 9.76 Å². The summed E-state index contributed by atoms with van der Waals surface area (Å²) in [5, 5.41) is 11.8.